The number of fused-ring (bicyclic) bond motifs is 4. The van der Waals surface area contributed by atoms with Gasteiger partial charge in [0.2, 0.25) is 0 Å². The van der Waals surface area contributed by atoms with Gasteiger partial charge in [0.05, 0.1) is 35.4 Å². The molecule has 8 heteroatoms. The molecule has 2 bridgehead atoms. The molecule has 1 unspecified atom stereocenters. The molecule has 150 valence electrons. The highest BCUT2D eigenvalue weighted by Crippen LogP contribution is 2.49. The Morgan fingerprint density at radius 3 is 2.52 bits per heavy atom. The minimum Gasteiger partial charge on any atom is -0.387 e. The van der Waals surface area contributed by atoms with Gasteiger partial charge in [-0.2, -0.15) is 8.42 Å². The first-order valence-corrected chi connectivity index (χ1v) is 10.7. The maximum atomic E-state index is 12.3. The van der Waals surface area contributed by atoms with Crippen LogP contribution in [0.2, 0.25) is 0 Å². The molecule has 0 radical (unpaired) electrons. The lowest BCUT2D eigenvalue weighted by molar-refractivity contribution is -0.165. The fraction of sp³-hybridized carbons (Fsp3) is 0.684. The summed E-state index contributed by atoms with van der Waals surface area (Å²) in [5.41, 5.74) is -0.0759. The van der Waals surface area contributed by atoms with Crippen LogP contribution in [-0.2, 0) is 28.5 Å². The lowest BCUT2D eigenvalue weighted by Gasteiger charge is -2.34. The summed E-state index contributed by atoms with van der Waals surface area (Å²) in [5, 5.41) is 11.0. The van der Waals surface area contributed by atoms with Gasteiger partial charge in [0.1, 0.15) is 6.10 Å². The molecule has 0 amide bonds. The fourth-order valence-corrected chi connectivity index (χ4v) is 5.25. The third-order valence-corrected chi connectivity index (χ3v) is 6.89. The second kappa shape index (κ2) is 6.50. The van der Waals surface area contributed by atoms with E-state index in [0.29, 0.717) is 12.8 Å². The van der Waals surface area contributed by atoms with E-state index in [-0.39, 0.29) is 36.2 Å². The molecular weight excluding hydrogens is 372 g/mol. The molecule has 0 aromatic heterocycles. The summed E-state index contributed by atoms with van der Waals surface area (Å²) >= 11 is 0. The first kappa shape index (κ1) is 19.3. The van der Waals surface area contributed by atoms with Gasteiger partial charge in [-0.25, -0.2) is 0 Å². The normalized spacial score (nSPS) is 37.3. The number of hydrogen-bond acceptors (Lipinski definition) is 7. The largest absolute Gasteiger partial charge is 0.387 e. The van der Waals surface area contributed by atoms with Gasteiger partial charge in [-0.05, 0) is 32.9 Å². The Morgan fingerprint density at radius 2 is 1.81 bits per heavy atom. The van der Waals surface area contributed by atoms with Crippen LogP contribution in [0.5, 0.6) is 0 Å². The molecule has 0 spiro atoms. The molecule has 4 rings (SSSR count). The smallest absolute Gasteiger partial charge is 0.296 e. The van der Waals surface area contributed by atoms with Crippen LogP contribution in [0.3, 0.4) is 0 Å². The molecule has 3 fully saturated rings. The highest BCUT2D eigenvalue weighted by molar-refractivity contribution is 7.86. The van der Waals surface area contributed by atoms with E-state index in [9.17, 15) is 13.5 Å². The van der Waals surface area contributed by atoms with Gasteiger partial charge in [0.15, 0.2) is 5.79 Å². The van der Waals surface area contributed by atoms with Crippen molar-refractivity contribution < 1.29 is 31.9 Å². The van der Waals surface area contributed by atoms with Crippen LogP contribution in [0.15, 0.2) is 29.2 Å². The molecule has 5 atom stereocenters. The number of aliphatic hydroxyl groups is 1. The molecule has 2 aliphatic heterocycles. The maximum absolute atomic E-state index is 12.3. The minimum absolute atomic E-state index is 0.0571. The predicted molar refractivity (Wildman–Crippen MR) is 95.6 cm³/mol. The van der Waals surface area contributed by atoms with Crippen LogP contribution >= 0.6 is 0 Å². The molecule has 1 aromatic rings. The summed E-state index contributed by atoms with van der Waals surface area (Å²) in [4.78, 5) is 0.122. The summed E-state index contributed by atoms with van der Waals surface area (Å²) in [7, 11) is -3.83. The van der Waals surface area contributed by atoms with Crippen molar-refractivity contribution in [2.45, 2.75) is 80.7 Å². The van der Waals surface area contributed by atoms with E-state index in [0.717, 1.165) is 5.56 Å². The minimum atomic E-state index is -3.83. The zero-order valence-corrected chi connectivity index (χ0v) is 16.6. The lowest BCUT2D eigenvalue weighted by atomic mass is 9.79. The first-order valence-electron chi connectivity index (χ1n) is 9.28. The van der Waals surface area contributed by atoms with Crippen LogP contribution in [0.1, 0.15) is 38.7 Å². The molecule has 1 N–H and O–H groups in total. The van der Waals surface area contributed by atoms with E-state index in [4.69, 9.17) is 18.4 Å². The number of rotatable bonds is 5. The molecule has 7 nitrogen and oxygen atoms in total. The van der Waals surface area contributed by atoms with E-state index >= 15 is 0 Å². The van der Waals surface area contributed by atoms with Gasteiger partial charge >= 0.3 is 0 Å². The number of hydrogen-bond donors (Lipinski definition) is 1. The van der Waals surface area contributed by atoms with Crippen molar-refractivity contribution in [1.82, 2.24) is 0 Å². The molecule has 27 heavy (non-hydrogen) atoms. The third kappa shape index (κ3) is 3.66. The average Bonchev–Trinajstić information content (AvgIpc) is 3.02. The van der Waals surface area contributed by atoms with Crippen molar-refractivity contribution >= 4 is 10.1 Å². The van der Waals surface area contributed by atoms with Crippen LogP contribution in [0.25, 0.3) is 0 Å². The summed E-state index contributed by atoms with van der Waals surface area (Å²) in [6.45, 7) is 5.53. The molecular formula is C19H26O7S. The second-order valence-electron chi connectivity index (χ2n) is 8.19. The van der Waals surface area contributed by atoms with Crippen molar-refractivity contribution in [3.05, 3.63) is 29.8 Å². The fourth-order valence-electron chi connectivity index (χ4n) is 4.33. The van der Waals surface area contributed by atoms with E-state index in [1.54, 1.807) is 12.1 Å². The summed E-state index contributed by atoms with van der Waals surface area (Å²) in [6, 6.07) is 6.49. The number of benzene rings is 1. The SMILES string of the molecule is Cc1ccc(S(=O)(=O)OCC[C@@H]2O[C@@H]3C[C@@]2(O)C[C@H]2OC(C)(C)OC32)cc1. The highest BCUT2D eigenvalue weighted by Gasteiger charge is 2.61. The van der Waals surface area contributed by atoms with Crippen LogP contribution < -0.4 is 0 Å². The Kier molecular flexibility index (Phi) is 4.65. The molecule has 3 aliphatic rings. The van der Waals surface area contributed by atoms with Crippen molar-refractivity contribution in [2.24, 2.45) is 0 Å². The van der Waals surface area contributed by atoms with Gasteiger partial charge in [-0.1, -0.05) is 17.7 Å². The standard InChI is InChI=1S/C19H26O7S/c1-12-4-6-13(7-5-12)27(21,22)23-9-8-16-19(20)10-14(24-16)17-15(11-19)25-18(2,3)26-17/h4-7,14-17,20H,8-11H2,1-3H3/t14-,15-,16+,17?,19-/m1/s1. The van der Waals surface area contributed by atoms with E-state index in [1.165, 1.54) is 12.1 Å². The summed E-state index contributed by atoms with van der Waals surface area (Å²) in [5.74, 6) is -0.680. The summed E-state index contributed by atoms with van der Waals surface area (Å²) in [6.07, 6.45) is -0.0315. The zero-order chi connectivity index (χ0) is 19.4. The quantitative estimate of drug-likeness (QED) is 0.758. The van der Waals surface area contributed by atoms with Crippen LogP contribution in [0.4, 0.5) is 0 Å². The molecule has 1 aliphatic carbocycles. The first-order chi connectivity index (χ1) is 12.6. The Hall–Kier alpha value is -1.03. The van der Waals surface area contributed by atoms with Crippen LogP contribution in [0, 0.1) is 6.92 Å². The van der Waals surface area contributed by atoms with Gasteiger partial charge in [-0.3, -0.25) is 4.18 Å². The van der Waals surface area contributed by atoms with E-state index in [1.807, 2.05) is 20.8 Å². The molecule has 1 saturated carbocycles. The van der Waals surface area contributed by atoms with Gasteiger partial charge in [0, 0.05) is 19.3 Å². The molecule has 1 aromatic carbocycles. The lowest BCUT2D eigenvalue weighted by Crippen LogP contribution is -2.48. The predicted octanol–water partition coefficient (Wildman–Crippen LogP) is 1.90. The monoisotopic (exact) mass is 398 g/mol. The van der Waals surface area contributed by atoms with E-state index in [2.05, 4.69) is 0 Å². The van der Waals surface area contributed by atoms with E-state index < -0.39 is 27.6 Å². The van der Waals surface area contributed by atoms with Gasteiger partial charge in [-0.15, -0.1) is 0 Å². The molecule has 2 saturated heterocycles. The Bertz CT molecular complexity index is 804. The highest BCUT2D eigenvalue weighted by atomic mass is 32.2. The number of aryl methyl sites for hydroxylation is 1. The average molecular weight is 398 g/mol. The topological polar surface area (TPSA) is 91.3 Å². The number of ether oxygens (including phenoxy) is 3. The third-order valence-electron chi connectivity index (χ3n) is 5.56. The Morgan fingerprint density at radius 1 is 1.15 bits per heavy atom. The van der Waals surface area contributed by atoms with Crippen molar-refractivity contribution in [1.29, 1.82) is 0 Å². The van der Waals surface area contributed by atoms with Gasteiger partial charge in [0.25, 0.3) is 10.1 Å². The van der Waals surface area contributed by atoms with Gasteiger partial charge < -0.3 is 19.3 Å². The van der Waals surface area contributed by atoms with Crippen molar-refractivity contribution in [2.75, 3.05) is 6.61 Å². The maximum Gasteiger partial charge on any atom is 0.296 e. The zero-order valence-electron chi connectivity index (χ0n) is 15.8. The Balaban J connectivity index is 1.37. The van der Waals surface area contributed by atoms with Crippen LogP contribution in [-0.4, -0.2) is 55.9 Å². The summed E-state index contributed by atoms with van der Waals surface area (Å²) < 4.78 is 47.5. The van der Waals surface area contributed by atoms with Crippen molar-refractivity contribution in [3.63, 3.8) is 0 Å². The van der Waals surface area contributed by atoms with Crippen molar-refractivity contribution in [3.8, 4) is 0 Å². The second-order valence-corrected chi connectivity index (χ2v) is 9.81. The Labute approximate surface area is 159 Å². The molecule has 2 heterocycles.